The maximum atomic E-state index is 12.2. The number of aliphatic hydroxyl groups excluding tert-OH is 1. The fraction of sp³-hybridized carbons (Fsp3) is 0.643. The average Bonchev–Trinajstić information content (AvgIpc) is 2.58. The molecule has 3 unspecified atom stereocenters. The van der Waals surface area contributed by atoms with E-state index in [1.807, 2.05) is 0 Å². The number of nitrogens with one attached hydrogen (secondary N) is 3. The van der Waals surface area contributed by atoms with Crippen molar-refractivity contribution >= 4 is 29.7 Å². The van der Waals surface area contributed by atoms with Crippen molar-refractivity contribution in [1.29, 1.82) is 0 Å². The topological polar surface area (TPSA) is 235 Å². The van der Waals surface area contributed by atoms with Crippen molar-refractivity contribution in [2.24, 2.45) is 22.2 Å². The van der Waals surface area contributed by atoms with Crippen molar-refractivity contribution < 1.29 is 29.4 Å². The molecule has 0 rings (SSSR count). The van der Waals surface area contributed by atoms with Crippen molar-refractivity contribution in [2.45, 2.75) is 38.0 Å². The van der Waals surface area contributed by atoms with Crippen LogP contribution in [-0.4, -0.2) is 77.7 Å². The van der Waals surface area contributed by atoms with Gasteiger partial charge in [-0.05, 0) is 19.8 Å². The molecular formula is C14H27N7O6. The lowest BCUT2D eigenvalue weighted by molar-refractivity contribution is -0.138. The molecule has 0 saturated heterocycles. The van der Waals surface area contributed by atoms with E-state index < -0.39 is 55.0 Å². The predicted molar refractivity (Wildman–Crippen MR) is 95.2 cm³/mol. The van der Waals surface area contributed by atoms with Gasteiger partial charge in [0.2, 0.25) is 17.7 Å². The van der Waals surface area contributed by atoms with Gasteiger partial charge in [-0.3, -0.25) is 24.2 Å². The number of aliphatic hydroxyl groups is 1. The Kier molecular flexibility index (Phi) is 11.1. The van der Waals surface area contributed by atoms with Gasteiger partial charge in [-0.25, -0.2) is 0 Å². The van der Waals surface area contributed by atoms with Crippen LogP contribution in [0.2, 0.25) is 0 Å². The molecule has 0 heterocycles. The number of carbonyl (C=O) groups excluding carboxylic acids is 3. The van der Waals surface area contributed by atoms with Crippen LogP contribution in [0.4, 0.5) is 0 Å². The third-order valence-electron chi connectivity index (χ3n) is 3.26. The van der Waals surface area contributed by atoms with Gasteiger partial charge in [-0.15, -0.1) is 0 Å². The number of amides is 3. The van der Waals surface area contributed by atoms with Crippen molar-refractivity contribution in [3.05, 3.63) is 0 Å². The summed E-state index contributed by atoms with van der Waals surface area (Å²) < 4.78 is 0. The predicted octanol–water partition coefficient (Wildman–Crippen LogP) is -4.45. The first-order chi connectivity index (χ1) is 12.5. The van der Waals surface area contributed by atoms with Crippen LogP contribution in [0.3, 0.4) is 0 Å². The molecule has 0 aromatic carbocycles. The summed E-state index contributed by atoms with van der Waals surface area (Å²) in [4.78, 5) is 49.8. The first-order valence-electron chi connectivity index (χ1n) is 8.10. The molecule has 0 spiro atoms. The largest absolute Gasteiger partial charge is 0.480 e. The molecule has 0 aliphatic heterocycles. The molecule has 13 nitrogen and oxygen atoms in total. The SMILES string of the molecule is CC(O)C(N)C(=O)NC(CCCN=C(N)N)C(=O)NCC(=O)NCC(=O)O. The summed E-state index contributed by atoms with van der Waals surface area (Å²) in [6.07, 6.45) is -0.652. The number of hydrogen-bond acceptors (Lipinski definition) is 7. The summed E-state index contributed by atoms with van der Waals surface area (Å²) in [6.45, 7) is 0.472. The number of aliphatic imine (C=N–C) groups is 1. The van der Waals surface area contributed by atoms with Crippen molar-refractivity contribution in [2.75, 3.05) is 19.6 Å². The summed E-state index contributed by atoms with van der Waals surface area (Å²) in [5, 5.41) is 24.6. The maximum Gasteiger partial charge on any atom is 0.322 e. The standard InChI is InChI=1S/C14H27N7O6/c1-7(22)11(15)13(27)21-8(3-2-4-18-14(16)17)12(26)20-5-9(23)19-6-10(24)25/h7-8,11,22H,2-6,15H2,1H3,(H,19,23)(H,20,26)(H,21,27)(H,24,25)(H4,16,17,18). The Morgan fingerprint density at radius 1 is 1.07 bits per heavy atom. The number of nitrogens with zero attached hydrogens (tertiary/aromatic N) is 1. The number of carboxylic acid groups (broad SMARTS) is 1. The maximum absolute atomic E-state index is 12.2. The highest BCUT2D eigenvalue weighted by atomic mass is 16.4. The molecule has 13 heteroatoms. The molecule has 0 aliphatic carbocycles. The third-order valence-corrected chi connectivity index (χ3v) is 3.26. The van der Waals surface area contributed by atoms with Crippen molar-refractivity contribution in [1.82, 2.24) is 16.0 Å². The molecule has 0 aromatic heterocycles. The zero-order valence-electron chi connectivity index (χ0n) is 15.0. The molecule has 11 N–H and O–H groups in total. The highest BCUT2D eigenvalue weighted by molar-refractivity contribution is 5.92. The summed E-state index contributed by atoms with van der Waals surface area (Å²) in [7, 11) is 0. The number of hydrogen-bond donors (Lipinski definition) is 8. The van der Waals surface area contributed by atoms with Crippen LogP contribution in [0.5, 0.6) is 0 Å². The summed E-state index contributed by atoms with van der Waals surface area (Å²) >= 11 is 0. The second-order valence-electron chi connectivity index (χ2n) is 5.66. The van der Waals surface area contributed by atoms with Gasteiger partial charge in [-0.2, -0.15) is 0 Å². The lowest BCUT2D eigenvalue weighted by Gasteiger charge is -2.21. The van der Waals surface area contributed by atoms with E-state index in [9.17, 15) is 24.3 Å². The highest BCUT2D eigenvalue weighted by Crippen LogP contribution is 2.00. The van der Waals surface area contributed by atoms with E-state index >= 15 is 0 Å². The van der Waals surface area contributed by atoms with E-state index in [1.54, 1.807) is 0 Å². The Labute approximate surface area is 155 Å². The molecule has 3 atom stereocenters. The molecule has 3 amide bonds. The van der Waals surface area contributed by atoms with Crippen LogP contribution < -0.4 is 33.2 Å². The van der Waals surface area contributed by atoms with Gasteiger partial charge in [0.15, 0.2) is 5.96 Å². The average molecular weight is 389 g/mol. The Balaban J connectivity index is 4.76. The Morgan fingerprint density at radius 2 is 1.70 bits per heavy atom. The zero-order chi connectivity index (χ0) is 21.0. The smallest absolute Gasteiger partial charge is 0.322 e. The van der Waals surface area contributed by atoms with E-state index in [0.29, 0.717) is 6.42 Å². The second kappa shape index (κ2) is 12.4. The van der Waals surface area contributed by atoms with Crippen LogP contribution in [0, 0.1) is 0 Å². The first-order valence-corrected chi connectivity index (χ1v) is 8.10. The Morgan fingerprint density at radius 3 is 2.22 bits per heavy atom. The van der Waals surface area contributed by atoms with Crippen molar-refractivity contribution in [3.8, 4) is 0 Å². The monoisotopic (exact) mass is 389 g/mol. The van der Waals surface area contributed by atoms with E-state index in [1.165, 1.54) is 6.92 Å². The first kappa shape index (κ1) is 24.1. The van der Waals surface area contributed by atoms with Crippen molar-refractivity contribution in [3.63, 3.8) is 0 Å². The number of guanidine groups is 1. The molecule has 27 heavy (non-hydrogen) atoms. The van der Waals surface area contributed by atoms with Crippen LogP contribution in [0.15, 0.2) is 4.99 Å². The fourth-order valence-electron chi connectivity index (χ4n) is 1.79. The van der Waals surface area contributed by atoms with Gasteiger partial charge in [0.25, 0.3) is 0 Å². The zero-order valence-corrected chi connectivity index (χ0v) is 15.0. The molecule has 0 saturated carbocycles. The van der Waals surface area contributed by atoms with Crippen LogP contribution in [-0.2, 0) is 19.2 Å². The number of carbonyl (C=O) groups is 4. The Bertz CT molecular complexity index is 562. The van der Waals surface area contributed by atoms with Gasteiger partial charge in [0.1, 0.15) is 18.6 Å². The minimum atomic E-state index is -1.24. The minimum Gasteiger partial charge on any atom is -0.480 e. The van der Waals surface area contributed by atoms with E-state index in [4.69, 9.17) is 22.3 Å². The molecule has 0 aliphatic rings. The highest BCUT2D eigenvalue weighted by Gasteiger charge is 2.25. The molecule has 0 aromatic rings. The van der Waals surface area contributed by atoms with Gasteiger partial charge >= 0.3 is 5.97 Å². The van der Waals surface area contributed by atoms with Gasteiger partial charge in [-0.1, -0.05) is 0 Å². The number of aliphatic carboxylic acids is 1. The third kappa shape index (κ3) is 11.3. The summed E-state index contributed by atoms with van der Waals surface area (Å²) in [5.41, 5.74) is 15.9. The molecule has 0 radical (unpaired) electrons. The van der Waals surface area contributed by atoms with Crippen LogP contribution in [0.25, 0.3) is 0 Å². The van der Waals surface area contributed by atoms with E-state index in [0.717, 1.165) is 0 Å². The molecular weight excluding hydrogens is 362 g/mol. The minimum absolute atomic E-state index is 0.119. The fourth-order valence-corrected chi connectivity index (χ4v) is 1.79. The number of carboxylic acids is 1. The van der Waals surface area contributed by atoms with E-state index in [2.05, 4.69) is 20.9 Å². The van der Waals surface area contributed by atoms with Gasteiger partial charge < -0.3 is 43.4 Å². The quantitative estimate of drug-likeness (QED) is 0.0911. The molecule has 154 valence electrons. The van der Waals surface area contributed by atoms with Crippen LogP contribution in [0.1, 0.15) is 19.8 Å². The number of rotatable bonds is 12. The van der Waals surface area contributed by atoms with E-state index in [-0.39, 0.29) is 18.9 Å². The lowest BCUT2D eigenvalue weighted by Crippen LogP contribution is -2.55. The van der Waals surface area contributed by atoms with Crippen LogP contribution >= 0.6 is 0 Å². The molecule has 0 fully saturated rings. The molecule has 0 bridgehead atoms. The normalized spacial score (nSPS) is 13.6. The lowest BCUT2D eigenvalue weighted by atomic mass is 10.1. The number of nitrogens with two attached hydrogens (primary N) is 3. The van der Waals surface area contributed by atoms with Gasteiger partial charge in [0, 0.05) is 6.54 Å². The summed E-state index contributed by atoms with van der Waals surface area (Å²) in [5.74, 6) is -3.49. The second-order valence-corrected chi connectivity index (χ2v) is 5.66. The summed E-state index contributed by atoms with van der Waals surface area (Å²) in [6, 6.07) is -2.29. The van der Waals surface area contributed by atoms with Gasteiger partial charge in [0.05, 0.1) is 12.6 Å². The Hall–Kier alpha value is -2.93.